The SMILES string of the molecule is BrCCC1CC=CC=C1CBr. The van der Waals surface area contributed by atoms with Crippen molar-refractivity contribution in [2.24, 2.45) is 5.92 Å². The number of hydrogen-bond donors (Lipinski definition) is 0. The summed E-state index contributed by atoms with van der Waals surface area (Å²) in [5, 5.41) is 2.13. The van der Waals surface area contributed by atoms with Gasteiger partial charge in [-0.3, -0.25) is 0 Å². The zero-order chi connectivity index (χ0) is 8.10. The molecule has 11 heavy (non-hydrogen) atoms. The summed E-state index contributed by atoms with van der Waals surface area (Å²) < 4.78 is 0. The lowest BCUT2D eigenvalue weighted by atomic mass is 9.91. The molecule has 0 fully saturated rings. The van der Waals surface area contributed by atoms with Crippen molar-refractivity contribution in [1.82, 2.24) is 0 Å². The van der Waals surface area contributed by atoms with Crippen LogP contribution in [0.5, 0.6) is 0 Å². The van der Waals surface area contributed by atoms with Gasteiger partial charge in [-0.1, -0.05) is 55.7 Å². The molecule has 1 unspecified atom stereocenters. The van der Waals surface area contributed by atoms with Crippen molar-refractivity contribution in [3.63, 3.8) is 0 Å². The quantitative estimate of drug-likeness (QED) is 0.692. The van der Waals surface area contributed by atoms with Gasteiger partial charge in [0.25, 0.3) is 0 Å². The van der Waals surface area contributed by atoms with Crippen LogP contribution in [0.4, 0.5) is 0 Å². The molecule has 0 saturated heterocycles. The Morgan fingerprint density at radius 3 is 2.91 bits per heavy atom. The van der Waals surface area contributed by atoms with E-state index in [-0.39, 0.29) is 0 Å². The summed E-state index contributed by atoms with van der Waals surface area (Å²) in [7, 11) is 0. The zero-order valence-electron chi connectivity index (χ0n) is 6.39. The lowest BCUT2D eigenvalue weighted by molar-refractivity contribution is 0.605. The second-order valence-electron chi connectivity index (χ2n) is 2.71. The maximum Gasteiger partial charge on any atom is 0.0247 e. The second kappa shape index (κ2) is 5.15. The Bertz CT molecular complexity index is 170. The Morgan fingerprint density at radius 1 is 1.45 bits per heavy atom. The van der Waals surface area contributed by atoms with Gasteiger partial charge in [0.1, 0.15) is 0 Å². The summed E-state index contributed by atoms with van der Waals surface area (Å²) in [5.41, 5.74) is 1.53. The predicted octanol–water partition coefficient (Wildman–Crippen LogP) is 3.67. The molecule has 62 valence electrons. The molecule has 0 heterocycles. The number of hydrogen-bond acceptors (Lipinski definition) is 0. The largest absolute Gasteiger partial charge is 0.0928 e. The van der Waals surface area contributed by atoms with Crippen LogP contribution in [0.25, 0.3) is 0 Å². The fourth-order valence-corrected chi connectivity index (χ4v) is 2.51. The predicted molar refractivity (Wildman–Crippen MR) is 57.5 cm³/mol. The van der Waals surface area contributed by atoms with Crippen LogP contribution >= 0.6 is 31.9 Å². The van der Waals surface area contributed by atoms with Crippen LogP contribution in [-0.4, -0.2) is 10.7 Å². The summed E-state index contributed by atoms with van der Waals surface area (Å²) in [6, 6.07) is 0. The van der Waals surface area contributed by atoms with Crippen LogP contribution in [0.1, 0.15) is 12.8 Å². The number of allylic oxidation sites excluding steroid dienone is 4. The van der Waals surface area contributed by atoms with Crippen molar-refractivity contribution in [2.45, 2.75) is 12.8 Å². The Balaban J connectivity index is 2.52. The van der Waals surface area contributed by atoms with Crippen LogP contribution in [-0.2, 0) is 0 Å². The minimum absolute atomic E-state index is 0.763. The van der Waals surface area contributed by atoms with E-state index >= 15 is 0 Å². The first-order chi connectivity index (χ1) is 5.38. The van der Waals surface area contributed by atoms with Crippen molar-refractivity contribution in [3.05, 3.63) is 23.8 Å². The molecule has 0 aromatic rings. The van der Waals surface area contributed by atoms with Gasteiger partial charge in [-0.2, -0.15) is 0 Å². The highest BCUT2D eigenvalue weighted by Gasteiger charge is 2.12. The van der Waals surface area contributed by atoms with E-state index in [1.54, 1.807) is 0 Å². The minimum atomic E-state index is 0.763. The maximum absolute atomic E-state index is 3.50. The molecule has 0 spiro atoms. The molecule has 0 N–H and O–H groups in total. The molecule has 0 amide bonds. The van der Waals surface area contributed by atoms with Crippen molar-refractivity contribution in [2.75, 3.05) is 10.7 Å². The Kier molecular flexibility index (Phi) is 4.46. The first kappa shape index (κ1) is 9.53. The third-order valence-corrected chi connectivity index (χ3v) is 3.11. The van der Waals surface area contributed by atoms with Gasteiger partial charge in [0.15, 0.2) is 0 Å². The summed E-state index contributed by atoms with van der Waals surface area (Å²) >= 11 is 6.98. The van der Waals surface area contributed by atoms with E-state index < -0.39 is 0 Å². The number of rotatable bonds is 3. The van der Waals surface area contributed by atoms with Crippen LogP contribution < -0.4 is 0 Å². The highest BCUT2D eigenvalue weighted by Crippen LogP contribution is 2.25. The van der Waals surface area contributed by atoms with Crippen molar-refractivity contribution < 1.29 is 0 Å². The van der Waals surface area contributed by atoms with Crippen LogP contribution in [0, 0.1) is 5.92 Å². The number of halogens is 2. The third-order valence-electron chi connectivity index (χ3n) is 2.00. The third kappa shape index (κ3) is 2.75. The summed E-state index contributed by atoms with van der Waals surface area (Å²) in [6.45, 7) is 0. The van der Waals surface area contributed by atoms with E-state index in [0.717, 1.165) is 16.6 Å². The lowest BCUT2D eigenvalue weighted by Crippen LogP contribution is -2.07. The van der Waals surface area contributed by atoms with Crippen molar-refractivity contribution in [3.8, 4) is 0 Å². The van der Waals surface area contributed by atoms with Gasteiger partial charge in [-0.05, 0) is 18.8 Å². The van der Waals surface area contributed by atoms with E-state index in [1.807, 2.05) is 0 Å². The normalized spacial score (nSPS) is 23.5. The molecule has 2 heteroatoms. The van der Waals surface area contributed by atoms with Crippen LogP contribution in [0.3, 0.4) is 0 Å². The number of alkyl halides is 2. The van der Waals surface area contributed by atoms with Gasteiger partial charge in [0, 0.05) is 10.7 Å². The fourth-order valence-electron chi connectivity index (χ4n) is 1.31. The van der Waals surface area contributed by atoms with Gasteiger partial charge >= 0.3 is 0 Å². The summed E-state index contributed by atoms with van der Waals surface area (Å²) in [6.07, 6.45) is 9.09. The molecule has 0 nitrogen and oxygen atoms in total. The van der Waals surface area contributed by atoms with Crippen molar-refractivity contribution in [1.29, 1.82) is 0 Å². The van der Waals surface area contributed by atoms with Crippen LogP contribution in [0.2, 0.25) is 0 Å². The van der Waals surface area contributed by atoms with Gasteiger partial charge < -0.3 is 0 Å². The minimum Gasteiger partial charge on any atom is -0.0928 e. The van der Waals surface area contributed by atoms with E-state index in [0.29, 0.717) is 0 Å². The smallest absolute Gasteiger partial charge is 0.0247 e. The first-order valence-electron chi connectivity index (χ1n) is 3.86. The van der Waals surface area contributed by atoms with Gasteiger partial charge in [-0.15, -0.1) is 0 Å². The monoisotopic (exact) mass is 278 g/mol. The molecular formula is C9H12Br2. The topological polar surface area (TPSA) is 0 Å². The van der Waals surface area contributed by atoms with Crippen molar-refractivity contribution >= 4 is 31.9 Å². The molecule has 1 atom stereocenters. The molecule has 0 aliphatic heterocycles. The fraction of sp³-hybridized carbons (Fsp3) is 0.556. The standard InChI is InChI=1S/C9H12Br2/c10-6-5-8-3-1-2-4-9(8)7-11/h1-2,4,8H,3,5-7H2. The molecule has 0 saturated carbocycles. The molecule has 1 aliphatic rings. The zero-order valence-corrected chi connectivity index (χ0v) is 9.57. The molecule has 0 radical (unpaired) electrons. The summed E-state index contributed by atoms with van der Waals surface area (Å²) in [5.74, 6) is 0.763. The van der Waals surface area contributed by atoms with E-state index in [4.69, 9.17) is 0 Å². The Hall–Kier alpha value is 0.440. The Labute approximate surface area is 85.0 Å². The van der Waals surface area contributed by atoms with Gasteiger partial charge in [0.2, 0.25) is 0 Å². The highest BCUT2D eigenvalue weighted by atomic mass is 79.9. The highest BCUT2D eigenvalue weighted by molar-refractivity contribution is 9.09. The van der Waals surface area contributed by atoms with Gasteiger partial charge in [0.05, 0.1) is 0 Å². The molecule has 0 aromatic heterocycles. The molecule has 1 aliphatic carbocycles. The van der Waals surface area contributed by atoms with Gasteiger partial charge in [-0.25, -0.2) is 0 Å². The lowest BCUT2D eigenvalue weighted by Gasteiger charge is -2.18. The molecule has 0 bridgehead atoms. The van der Waals surface area contributed by atoms with Crippen LogP contribution in [0.15, 0.2) is 23.8 Å². The average molecular weight is 280 g/mol. The van der Waals surface area contributed by atoms with E-state index in [9.17, 15) is 0 Å². The molecule has 0 aromatic carbocycles. The van der Waals surface area contributed by atoms with E-state index in [1.165, 1.54) is 18.4 Å². The average Bonchev–Trinajstić information content (AvgIpc) is 2.06. The second-order valence-corrected chi connectivity index (χ2v) is 4.07. The van der Waals surface area contributed by atoms with E-state index in [2.05, 4.69) is 50.1 Å². The molecular weight excluding hydrogens is 268 g/mol. The summed E-state index contributed by atoms with van der Waals surface area (Å²) in [4.78, 5) is 0. The molecule has 1 rings (SSSR count). The first-order valence-corrected chi connectivity index (χ1v) is 6.10. The maximum atomic E-state index is 3.50. The Morgan fingerprint density at radius 2 is 2.27 bits per heavy atom.